The second-order valence-corrected chi connectivity index (χ2v) is 5.99. The van der Waals surface area contributed by atoms with Crippen LogP contribution in [0.5, 0.6) is 0 Å². The smallest absolute Gasteiger partial charge is 0.270 e. The van der Waals surface area contributed by atoms with Crippen molar-refractivity contribution in [1.82, 2.24) is 5.32 Å². The third-order valence-corrected chi connectivity index (χ3v) is 4.50. The van der Waals surface area contributed by atoms with Gasteiger partial charge in [-0.1, -0.05) is 0 Å². The molecule has 0 aliphatic heterocycles. The molecule has 0 bridgehead atoms. The van der Waals surface area contributed by atoms with Gasteiger partial charge >= 0.3 is 0 Å². The van der Waals surface area contributed by atoms with Crippen LogP contribution in [0.2, 0.25) is 0 Å². The normalized spacial score (nSPS) is 10.3. The van der Waals surface area contributed by atoms with E-state index in [0.717, 1.165) is 10.4 Å². The fourth-order valence-electron chi connectivity index (χ4n) is 1.64. The minimum atomic E-state index is -0.521. The van der Waals surface area contributed by atoms with Crippen LogP contribution in [0.25, 0.3) is 0 Å². The van der Waals surface area contributed by atoms with Crippen molar-refractivity contribution in [2.75, 3.05) is 0 Å². The zero-order valence-corrected chi connectivity index (χ0v) is 13.0. The fraction of sp³-hybridized carbons (Fsp3) is 0.154. The molecule has 1 amide bonds. The summed E-state index contributed by atoms with van der Waals surface area (Å²) < 4.78 is 0.531. The molecule has 20 heavy (non-hydrogen) atoms. The Morgan fingerprint density at radius 2 is 2.20 bits per heavy atom. The number of aryl methyl sites for hydroxylation is 1. The zero-order chi connectivity index (χ0) is 14.7. The zero-order valence-electron chi connectivity index (χ0n) is 10.6. The van der Waals surface area contributed by atoms with Crippen LogP contribution in [0, 0.1) is 17.0 Å². The van der Waals surface area contributed by atoms with Crippen LogP contribution in [0.1, 0.15) is 20.8 Å². The third kappa shape index (κ3) is 3.23. The number of halogens is 1. The highest BCUT2D eigenvalue weighted by Crippen LogP contribution is 2.23. The summed E-state index contributed by atoms with van der Waals surface area (Å²) in [6.07, 6.45) is 0. The third-order valence-electron chi connectivity index (χ3n) is 2.78. The monoisotopic (exact) mass is 354 g/mol. The van der Waals surface area contributed by atoms with Gasteiger partial charge in [0.2, 0.25) is 0 Å². The number of amides is 1. The Morgan fingerprint density at radius 1 is 1.45 bits per heavy atom. The Balaban J connectivity index is 2.15. The lowest BCUT2D eigenvalue weighted by atomic mass is 10.2. The maximum absolute atomic E-state index is 12.1. The SMILES string of the molecule is Cc1ccsc1CNC(=O)c1cc([N+](=O)[O-])ccc1Br. The van der Waals surface area contributed by atoms with E-state index in [-0.39, 0.29) is 17.2 Å². The Kier molecular flexibility index (Phi) is 4.51. The minimum Gasteiger partial charge on any atom is -0.347 e. The number of benzene rings is 1. The van der Waals surface area contributed by atoms with Gasteiger partial charge in [0.05, 0.1) is 17.0 Å². The molecule has 1 heterocycles. The summed E-state index contributed by atoms with van der Waals surface area (Å²) in [6, 6.07) is 6.10. The van der Waals surface area contributed by atoms with Crippen molar-refractivity contribution in [2.45, 2.75) is 13.5 Å². The summed E-state index contributed by atoms with van der Waals surface area (Å²) in [5.41, 5.74) is 1.27. The number of nitro groups is 1. The van der Waals surface area contributed by atoms with Crippen molar-refractivity contribution in [1.29, 1.82) is 0 Å². The van der Waals surface area contributed by atoms with Gasteiger partial charge in [-0.05, 0) is 45.9 Å². The fourth-order valence-corrected chi connectivity index (χ4v) is 2.91. The first-order chi connectivity index (χ1) is 9.49. The van der Waals surface area contributed by atoms with E-state index in [0.29, 0.717) is 11.0 Å². The van der Waals surface area contributed by atoms with Crippen LogP contribution in [0.15, 0.2) is 34.1 Å². The van der Waals surface area contributed by atoms with Gasteiger partial charge in [-0.3, -0.25) is 14.9 Å². The summed E-state index contributed by atoms with van der Waals surface area (Å²) >= 11 is 4.80. The van der Waals surface area contributed by atoms with Gasteiger partial charge in [0.25, 0.3) is 11.6 Å². The molecule has 0 unspecified atom stereocenters. The molecule has 1 aromatic heterocycles. The van der Waals surface area contributed by atoms with E-state index >= 15 is 0 Å². The first-order valence-corrected chi connectivity index (χ1v) is 7.41. The molecule has 0 atom stereocenters. The van der Waals surface area contributed by atoms with E-state index in [1.807, 2.05) is 18.4 Å². The van der Waals surface area contributed by atoms with Crippen molar-refractivity contribution in [3.05, 3.63) is 60.2 Å². The van der Waals surface area contributed by atoms with E-state index in [2.05, 4.69) is 21.2 Å². The molecule has 0 aliphatic rings. The van der Waals surface area contributed by atoms with Gasteiger partial charge in [-0.25, -0.2) is 0 Å². The predicted octanol–water partition coefficient (Wildman–Crippen LogP) is 3.66. The Hall–Kier alpha value is -1.73. The van der Waals surface area contributed by atoms with Crippen LogP contribution in [-0.4, -0.2) is 10.8 Å². The number of carbonyl (C=O) groups is 1. The van der Waals surface area contributed by atoms with E-state index < -0.39 is 4.92 Å². The van der Waals surface area contributed by atoms with Crippen molar-refractivity contribution in [2.24, 2.45) is 0 Å². The number of hydrogen-bond acceptors (Lipinski definition) is 4. The molecule has 5 nitrogen and oxygen atoms in total. The number of nitrogens with zero attached hydrogens (tertiary/aromatic N) is 1. The standard InChI is InChI=1S/C13H11BrN2O3S/c1-8-4-5-20-12(8)7-15-13(17)10-6-9(16(18)19)2-3-11(10)14/h2-6H,7H2,1H3,(H,15,17). The van der Waals surface area contributed by atoms with E-state index in [4.69, 9.17) is 0 Å². The molecule has 1 N–H and O–H groups in total. The topological polar surface area (TPSA) is 72.2 Å². The number of rotatable bonds is 4. The van der Waals surface area contributed by atoms with Crippen molar-refractivity contribution < 1.29 is 9.72 Å². The van der Waals surface area contributed by atoms with Gasteiger partial charge in [-0.15, -0.1) is 11.3 Å². The van der Waals surface area contributed by atoms with Gasteiger partial charge in [0.1, 0.15) is 0 Å². The lowest BCUT2D eigenvalue weighted by Gasteiger charge is -2.06. The van der Waals surface area contributed by atoms with Gasteiger partial charge in [0, 0.05) is 21.5 Å². The Morgan fingerprint density at radius 3 is 2.80 bits per heavy atom. The summed E-state index contributed by atoms with van der Waals surface area (Å²) in [4.78, 5) is 23.4. The quantitative estimate of drug-likeness (QED) is 0.672. The molecule has 7 heteroatoms. The highest BCUT2D eigenvalue weighted by atomic mass is 79.9. The number of carbonyl (C=O) groups excluding carboxylic acids is 1. The maximum atomic E-state index is 12.1. The summed E-state index contributed by atoms with van der Waals surface area (Å²) in [7, 11) is 0. The average Bonchev–Trinajstić information content (AvgIpc) is 2.81. The molecule has 104 valence electrons. The van der Waals surface area contributed by atoms with Crippen LogP contribution in [0.3, 0.4) is 0 Å². The molecular formula is C13H11BrN2O3S. The highest BCUT2D eigenvalue weighted by Gasteiger charge is 2.15. The number of nitro benzene ring substituents is 1. The highest BCUT2D eigenvalue weighted by molar-refractivity contribution is 9.10. The molecule has 0 saturated carbocycles. The molecule has 0 spiro atoms. The second kappa shape index (κ2) is 6.15. The summed E-state index contributed by atoms with van der Waals surface area (Å²) in [5, 5.41) is 15.5. The first-order valence-electron chi connectivity index (χ1n) is 5.74. The van der Waals surface area contributed by atoms with Crippen molar-refractivity contribution in [3.63, 3.8) is 0 Å². The number of thiophene rings is 1. The summed E-state index contributed by atoms with van der Waals surface area (Å²) in [6.45, 7) is 2.39. The predicted molar refractivity (Wildman–Crippen MR) is 81.0 cm³/mol. The van der Waals surface area contributed by atoms with E-state index in [1.165, 1.54) is 18.2 Å². The molecule has 0 fully saturated rings. The Bertz CT molecular complexity index is 669. The van der Waals surface area contributed by atoms with Gasteiger partial charge < -0.3 is 5.32 Å². The summed E-state index contributed by atoms with van der Waals surface area (Å²) in [5.74, 6) is -0.339. The van der Waals surface area contributed by atoms with Crippen molar-refractivity contribution in [3.8, 4) is 0 Å². The number of hydrogen-bond donors (Lipinski definition) is 1. The van der Waals surface area contributed by atoms with Crippen molar-refractivity contribution >= 4 is 38.9 Å². The molecule has 2 aromatic rings. The number of nitrogens with one attached hydrogen (secondary N) is 1. The van der Waals surface area contributed by atoms with Gasteiger partial charge in [-0.2, -0.15) is 0 Å². The molecule has 0 aliphatic carbocycles. The molecule has 0 radical (unpaired) electrons. The van der Waals surface area contributed by atoms with Gasteiger partial charge in [0.15, 0.2) is 0 Å². The lowest BCUT2D eigenvalue weighted by Crippen LogP contribution is -2.23. The van der Waals surface area contributed by atoms with Crippen LogP contribution >= 0.6 is 27.3 Å². The van der Waals surface area contributed by atoms with E-state index in [9.17, 15) is 14.9 Å². The number of non-ortho nitro benzene ring substituents is 1. The van der Waals surface area contributed by atoms with Crippen LogP contribution in [-0.2, 0) is 6.54 Å². The average molecular weight is 355 g/mol. The molecular weight excluding hydrogens is 344 g/mol. The van der Waals surface area contributed by atoms with Crippen LogP contribution in [0.4, 0.5) is 5.69 Å². The second-order valence-electron chi connectivity index (χ2n) is 4.13. The van der Waals surface area contributed by atoms with E-state index in [1.54, 1.807) is 11.3 Å². The lowest BCUT2D eigenvalue weighted by molar-refractivity contribution is -0.384. The molecule has 1 aromatic carbocycles. The molecule has 0 saturated heterocycles. The first kappa shape index (κ1) is 14.7. The largest absolute Gasteiger partial charge is 0.347 e. The minimum absolute atomic E-state index is 0.106. The maximum Gasteiger partial charge on any atom is 0.270 e. The van der Waals surface area contributed by atoms with Crippen LogP contribution < -0.4 is 5.32 Å². The Labute approximate surface area is 127 Å². The molecule has 2 rings (SSSR count).